The van der Waals surface area contributed by atoms with Crippen LogP contribution < -0.4 is 9.47 Å². The second kappa shape index (κ2) is 9.76. The molecule has 0 amide bonds. The van der Waals surface area contributed by atoms with Crippen LogP contribution in [0.2, 0.25) is 0 Å². The fraction of sp³-hybridized carbons (Fsp3) is 0. The maximum Gasteiger partial charge on any atom is 2.00 e. The molecule has 34 heavy (non-hydrogen) atoms. The summed E-state index contributed by atoms with van der Waals surface area (Å²) in [5.74, 6) is 1.87. The zero-order valence-corrected chi connectivity index (χ0v) is 20.8. The first kappa shape index (κ1) is 22.3. The van der Waals surface area contributed by atoms with Crippen molar-refractivity contribution in [3.05, 3.63) is 109 Å². The van der Waals surface area contributed by atoms with E-state index in [0.29, 0.717) is 23.4 Å². The van der Waals surface area contributed by atoms with Gasteiger partial charge in [-0.1, -0.05) is 41.8 Å². The summed E-state index contributed by atoms with van der Waals surface area (Å²) in [5, 5.41) is 2.46. The fourth-order valence-corrected chi connectivity index (χ4v) is 4.87. The summed E-state index contributed by atoms with van der Waals surface area (Å²) >= 11 is 1.75. The molecule has 0 aliphatic carbocycles. The molecule has 0 bridgehead atoms. The van der Waals surface area contributed by atoms with E-state index in [1.165, 1.54) is 15.5 Å². The number of fused-ring (bicyclic) bond motifs is 3. The molecule has 0 radical (unpaired) electrons. The standard InChI is InChI=1S/C28H16N2O2S.Pt/c1-2-9-19(10-3-1)31-26-17-8-18-27(30-26)32-25-16-7-14-23(29-25)22-13-6-12-21-20-11-4-5-15-24(20)33-28(21)22;/h1-9,11-12,14-18H;/q-2;+2. The van der Waals surface area contributed by atoms with Crippen LogP contribution in [0.3, 0.4) is 0 Å². The van der Waals surface area contributed by atoms with Crippen LogP contribution in [-0.4, -0.2) is 9.97 Å². The quantitative estimate of drug-likeness (QED) is 0.182. The van der Waals surface area contributed by atoms with Crippen LogP contribution in [0.15, 0.2) is 97.1 Å². The predicted molar refractivity (Wildman–Crippen MR) is 131 cm³/mol. The zero-order chi connectivity index (χ0) is 22.0. The average molecular weight is 640 g/mol. The summed E-state index contributed by atoms with van der Waals surface area (Å²) in [4.78, 5) is 9.17. The van der Waals surface area contributed by atoms with Crippen LogP contribution in [-0.2, 0) is 21.1 Å². The molecule has 3 aromatic carbocycles. The minimum Gasteiger partial charge on any atom is -0.466 e. The van der Waals surface area contributed by atoms with Crippen molar-refractivity contribution in [2.75, 3.05) is 0 Å². The van der Waals surface area contributed by atoms with Gasteiger partial charge in [-0.15, -0.1) is 35.9 Å². The molecule has 0 atom stereocenters. The van der Waals surface area contributed by atoms with E-state index in [2.05, 4.69) is 47.4 Å². The van der Waals surface area contributed by atoms with Crippen molar-refractivity contribution in [3.8, 4) is 34.6 Å². The van der Waals surface area contributed by atoms with Gasteiger partial charge in [0, 0.05) is 22.6 Å². The number of thiophene rings is 1. The number of benzene rings is 3. The summed E-state index contributed by atoms with van der Waals surface area (Å²) in [5.41, 5.74) is 1.76. The third-order valence-corrected chi connectivity index (χ3v) is 6.32. The van der Waals surface area contributed by atoms with Crippen molar-refractivity contribution >= 4 is 31.5 Å². The van der Waals surface area contributed by atoms with Gasteiger partial charge in [0.2, 0.25) is 17.6 Å². The largest absolute Gasteiger partial charge is 2.00 e. The Kier molecular flexibility index (Phi) is 6.39. The van der Waals surface area contributed by atoms with E-state index in [1.807, 2.05) is 48.5 Å². The molecule has 4 nitrogen and oxygen atoms in total. The molecule has 0 saturated heterocycles. The zero-order valence-electron chi connectivity index (χ0n) is 17.7. The van der Waals surface area contributed by atoms with Crippen molar-refractivity contribution in [1.82, 2.24) is 9.97 Å². The molecule has 0 fully saturated rings. The first-order valence-electron chi connectivity index (χ1n) is 10.4. The number of ether oxygens (including phenoxy) is 2. The number of pyridine rings is 2. The van der Waals surface area contributed by atoms with E-state index >= 15 is 0 Å². The molecule has 0 saturated carbocycles. The van der Waals surface area contributed by atoms with Crippen LogP contribution in [0, 0.1) is 12.1 Å². The number of hydrogen-bond acceptors (Lipinski definition) is 5. The Morgan fingerprint density at radius 3 is 2.24 bits per heavy atom. The van der Waals surface area contributed by atoms with Gasteiger partial charge in [0.05, 0.1) is 0 Å². The van der Waals surface area contributed by atoms with E-state index in [9.17, 15) is 0 Å². The topological polar surface area (TPSA) is 44.2 Å². The van der Waals surface area contributed by atoms with Crippen LogP contribution in [0.4, 0.5) is 0 Å². The van der Waals surface area contributed by atoms with Crippen molar-refractivity contribution < 1.29 is 30.5 Å². The number of aromatic nitrogens is 2. The number of nitrogens with zero attached hydrogens (tertiary/aromatic N) is 2. The third kappa shape index (κ3) is 4.45. The van der Waals surface area contributed by atoms with Gasteiger partial charge in [-0.25, -0.2) is 0 Å². The molecule has 6 rings (SSSR count). The Bertz CT molecular complexity index is 1580. The monoisotopic (exact) mass is 639 g/mol. The van der Waals surface area contributed by atoms with Crippen molar-refractivity contribution in [2.24, 2.45) is 0 Å². The molecule has 166 valence electrons. The Labute approximate surface area is 215 Å². The molecular formula is C28H16N2O2PtS. The second-order valence-corrected chi connectivity index (χ2v) is 8.35. The minimum atomic E-state index is 0. The molecule has 0 aliphatic rings. The number of para-hydroxylation sites is 1. The molecule has 6 aromatic rings. The Hall–Kier alpha value is -3.53. The summed E-state index contributed by atoms with van der Waals surface area (Å²) in [7, 11) is 0. The fourth-order valence-electron chi connectivity index (χ4n) is 3.66. The SMILES string of the molecule is [Pt+2].[c-]1ccccc1Oc1cccc(Oc2cccc(-c3[c-]ccc4c3sc3ccccc34)n2)n1. The first-order chi connectivity index (χ1) is 16.3. The van der Waals surface area contributed by atoms with Gasteiger partial charge in [-0.3, -0.25) is 4.98 Å². The number of hydrogen-bond donors (Lipinski definition) is 0. The van der Waals surface area contributed by atoms with Crippen molar-refractivity contribution in [1.29, 1.82) is 0 Å². The molecule has 0 unspecified atom stereocenters. The Balaban J connectivity index is 0.00000241. The molecule has 0 aliphatic heterocycles. The van der Waals surface area contributed by atoms with Gasteiger partial charge in [-0.05, 0) is 27.9 Å². The molecule has 6 heteroatoms. The smallest absolute Gasteiger partial charge is 0.466 e. The Morgan fingerprint density at radius 2 is 1.38 bits per heavy atom. The van der Waals surface area contributed by atoms with Gasteiger partial charge in [0.25, 0.3) is 0 Å². The predicted octanol–water partition coefficient (Wildman–Crippen LogP) is 7.69. The van der Waals surface area contributed by atoms with Crippen LogP contribution >= 0.6 is 11.3 Å². The van der Waals surface area contributed by atoms with Gasteiger partial charge >= 0.3 is 21.1 Å². The minimum absolute atomic E-state index is 0. The first-order valence-corrected chi connectivity index (χ1v) is 11.2. The maximum atomic E-state index is 5.97. The number of rotatable bonds is 5. The summed E-state index contributed by atoms with van der Waals surface area (Å²) in [6, 6.07) is 37.4. The van der Waals surface area contributed by atoms with E-state index in [4.69, 9.17) is 14.5 Å². The van der Waals surface area contributed by atoms with Crippen molar-refractivity contribution in [3.63, 3.8) is 0 Å². The van der Waals surface area contributed by atoms with E-state index in [0.717, 1.165) is 16.0 Å². The molecule has 3 aromatic heterocycles. The van der Waals surface area contributed by atoms with Crippen LogP contribution in [0.25, 0.3) is 31.4 Å². The van der Waals surface area contributed by atoms with Gasteiger partial charge < -0.3 is 9.47 Å². The van der Waals surface area contributed by atoms with Crippen molar-refractivity contribution in [2.45, 2.75) is 0 Å². The van der Waals surface area contributed by atoms with Crippen LogP contribution in [0.5, 0.6) is 23.4 Å². The third-order valence-electron chi connectivity index (χ3n) is 5.12. The summed E-state index contributed by atoms with van der Waals surface area (Å²) in [6.07, 6.45) is 0. The molecule has 0 spiro atoms. The molecule has 0 N–H and O–H groups in total. The van der Waals surface area contributed by atoms with E-state index < -0.39 is 0 Å². The molecular weight excluding hydrogens is 623 g/mol. The average Bonchev–Trinajstić information content (AvgIpc) is 3.24. The van der Waals surface area contributed by atoms with Gasteiger partial charge in [0.1, 0.15) is 0 Å². The van der Waals surface area contributed by atoms with Crippen LogP contribution in [0.1, 0.15) is 0 Å². The maximum absolute atomic E-state index is 5.97. The Morgan fingerprint density at radius 1 is 0.618 bits per heavy atom. The van der Waals surface area contributed by atoms with E-state index in [-0.39, 0.29) is 21.1 Å². The normalized spacial score (nSPS) is 10.7. The second-order valence-electron chi connectivity index (χ2n) is 7.30. The van der Waals surface area contributed by atoms with Gasteiger partial charge in [0.15, 0.2) is 0 Å². The summed E-state index contributed by atoms with van der Waals surface area (Å²) in [6.45, 7) is 0. The molecule has 3 heterocycles. The van der Waals surface area contributed by atoms with E-state index in [1.54, 1.807) is 29.5 Å². The summed E-state index contributed by atoms with van der Waals surface area (Å²) < 4.78 is 14.1. The van der Waals surface area contributed by atoms with Gasteiger partial charge in [-0.2, -0.15) is 34.5 Å².